The standard InChI is InChI=1S/C17H11NO6S2/c19-14(20)8-18-15(21)13(26-17(18)25)7-11-5-6-12(24-11)9-1-3-10(4-2-9)16(22)23/h1-7H,8H2,(H,19,20)(H,22,23)/p-2/b13-7+. The van der Waals surface area contributed by atoms with Gasteiger partial charge in [0.05, 0.1) is 23.4 Å². The molecule has 2 aromatic rings. The number of carbonyl (C=O) groups excluding carboxylic acids is 3. The van der Waals surface area contributed by atoms with Gasteiger partial charge in [-0.3, -0.25) is 9.69 Å². The van der Waals surface area contributed by atoms with E-state index >= 15 is 0 Å². The highest BCUT2D eigenvalue weighted by Gasteiger charge is 2.32. The highest BCUT2D eigenvalue weighted by atomic mass is 32.2. The Morgan fingerprint density at radius 1 is 1.15 bits per heavy atom. The third kappa shape index (κ3) is 3.68. The fourth-order valence-electron chi connectivity index (χ4n) is 2.25. The number of carboxylic acid groups (broad SMARTS) is 2. The Hall–Kier alpha value is -2.91. The van der Waals surface area contributed by atoms with Gasteiger partial charge in [-0.2, -0.15) is 0 Å². The van der Waals surface area contributed by atoms with E-state index in [1.54, 1.807) is 24.3 Å². The lowest BCUT2D eigenvalue weighted by molar-refractivity contribution is -0.305. The van der Waals surface area contributed by atoms with Crippen molar-refractivity contribution in [2.45, 2.75) is 0 Å². The molecule has 1 saturated heterocycles. The van der Waals surface area contributed by atoms with Crippen molar-refractivity contribution in [2.24, 2.45) is 0 Å². The van der Waals surface area contributed by atoms with E-state index in [-0.39, 0.29) is 14.8 Å². The molecular formula is C17H9NO6S2-2. The summed E-state index contributed by atoms with van der Waals surface area (Å²) < 4.78 is 5.77. The minimum absolute atomic E-state index is 0.0529. The molecule has 1 aliphatic heterocycles. The summed E-state index contributed by atoms with van der Waals surface area (Å²) in [6.07, 6.45) is 1.47. The van der Waals surface area contributed by atoms with Gasteiger partial charge in [0.15, 0.2) is 0 Å². The molecule has 0 radical (unpaired) electrons. The number of amides is 1. The van der Waals surface area contributed by atoms with E-state index < -0.39 is 24.4 Å². The topological polar surface area (TPSA) is 114 Å². The monoisotopic (exact) mass is 387 g/mol. The van der Waals surface area contributed by atoms with Crippen molar-refractivity contribution >= 4 is 52.2 Å². The number of nitrogens with zero attached hydrogens (tertiary/aromatic N) is 1. The summed E-state index contributed by atoms with van der Waals surface area (Å²) in [5.74, 6) is -2.34. The van der Waals surface area contributed by atoms with E-state index in [1.165, 1.54) is 18.2 Å². The summed E-state index contributed by atoms with van der Waals surface area (Å²) in [6.45, 7) is -0.601. The smallest absolute Gasteiger partial charge is 0.266 e. The lowest BCUT2D eigenvalue weighted by Gasteiger charge is -2.14. The maximum Gasteiger partial charge on any atom is 0.266 e. The van der Waals surface area contributed by atoms with Crippen LogP contribution in [0.3, 0.4) is 0 Å². The highest BCUT2D eigenvalue weighted by Crippen LogP contribution is 2.33. The molecule has 0 saturated carbocycles. The van der Waals surface area contributed by atoms with Crippen LogP contribution in [0.15, 0.2) is 45.7 Å². The normalized spacial score (nSPS) is 15.7. The van der Waals surface area contributed by atoms with Crippen molar-refractivity contribution in [3.8, 4) is 11.3 Å². The molecule has 1 fully saturated rings. The Morgan fingerprint density at radius 2 is 1.85 bits per heavy atom. The van der Waals surface area contributed by atoms with Crippen molar-refractivity contribution in [2.75, 3.05) is 6.54 Å². The summed E-state index contributed by atoms with van der Waals surface area (Å²) in [5.41, 5.74) is 0.705. The molecule has 9 heteroatoms. The Morgan fingerprint density at radius 3 is 2.46 bits per heavy atom. The first-order valence-electron chi connectivity index (χ1n) is 7.22. The van der Waals surface area contributed by atoms with E-state index in [0.29, 0.717) is 17.1 Å². The van der Waals surface area contributed by atoms with Crippen LogP contribution in [0.1, 0.15) is 16.1 Å². The third-order valence-electron chi connectivity index (χ3n) is 3.47. The van der Waals surface area contributed by atoms with E-state index in [4.69, 9.17) is 16.6 Å². The second-order valence-electron chi connectivity index (χ2n) is 5.21. The Balaban J connectivity index is 1.81. The van der Waals surface area contributed by atoms with Gasteiger partial charge in [-0.1, -0.05) is 48.2 Å². The lowest BCUT2D eigenvalue weighted by Crippen LogP contribution is -2.40. The number of rotatable bonds is 5. The molecule has 132 valence electrons. The van der Waals surface area contributed by atoms with Gasteiger partial charge in [-0.15, -0.1) is 0 Å². The van der Waals surface area contributed by atoms with Crippen LogP contribution in [0.25, 0.3) is 17.4 Å². The summed E-state index contributed by atoms with van der Waals surface area (Å²) in [4.78, 5) is 34.8. The molecule has 0 spiro atoms. The van der Waals surface area contributed by atoms with Gasteiger partial charge >= 0.3 is 0 Å². The Kier molecular flexibility index (Phi) is 4.92. The van der Waals surface area contributed by atoms with Crippen LogP contribution in [-0.4, -0.2) is 33.6 Å². The fraction of sp³-hybridized carbons (Fsp3) is 0.0588. The molecule has 1 aromatic carbocycles. The minimum atomic E-state index is -1.40. The van der Waals surface area contributed by atoms with Crippen LogP contribution in [0.5, 0.6) is 0 Å². The number of carbonyl (C=O) groups is 3. The Labute approximate surface area is 156 Å². The first-order valence-corrected chi connectivity index (χ1v) is 8.44. The highest BCUT2D eigenvalue weighted by molar-refractivity contribution is 8.26. The molecule has 1 aliphatic rings. The first kappa shape index (κ1) is 17.9. The summed E-state index contributed by atoms with van der Waals surface area (Å²) in [7, 11) is 0. The van der Waals surface area contributed by atoms with Gasteiger partial charge in [-0.25, -0.2) is 0 Å². The fourth-order valence-corrected chi connectivity index (χ4v) is 3.49. The quantitative estimate of drug-likeness (QED) is 0.530. The molecule has 26 heavy (non-hydrogen) atoms. The van der Waals surface area contributed by atoms with Crippen LogP contribution in [0.4, 0.5) is 0 Å². The summed E-state index contributed by atoms with van der Waals surface area (Å²) in [5, 5.41) is 21.5. The van der Waals surface area contributed by atoms with Gasteiger partial charge in [0.2, 0.25) is 0 Å². The summed E-state index contributed by atoms with van der Waals surface area (Å²) in [6, 6.07) is 9.26. The predicted octanol–water partition coefficient (Wildman–Crippen LogP) is 0.261. The van der Waals surface area contributed by atoms with Crippen LogP contribution >= 0.6 is 24.0 Å². The van der Waals surface area contributed by atoms with Crippen molar-refractivity contribution in [3.63, 3.8) is 0 Å². The second kappa shape index (κ2) is 7.14. The zero-order valence-corrected chi connectivity index (χ0v) is 14.6. The van der Waals surface area contributed by atoms with Crippen LogP contribution in [0, 0.1) is 0 Å². The van der Waals surface area contributed by atoms with Crippen molar-refractivity contribution in [3.05, 3.63) is 52.6 Å². The van der Waals surface area contributed by atoms with E-state index in [1.807, 2.05) is 0 Å². The SMILES string of the molecule is O=C([O-])CN1C(=O)/C(=C\c2ccc(-c3ccc(C(=O)[O-])cc3)o2)SC1=S. The molecule has 0 atom stereocenters. The third-order valence-corrected chi connectivity index (χ3v) is 4.84. The number of thiocarbonyl (C=S) groups is 1. The van der Waals surface area contributed by atoms with Gasteiger partial charge in [0.1, 0.15) is 15.8 Å². The zero-order valence-electron chi connectivity index (χ0n) is 13.0. The molecule has 0 bridgehead atoms. The molecule has 0 N–H and O–H groups in total. The molecule has 3 rings (SSSR count). The van der Waals surface area contributed by atoms with Gasteiger partial charge in [0.25, 0.3) is 5.91 Å². The molecular weight excluding hydrogens is 378 g/mol. The maximum absolute atomic E-state index is 12.2. The predicted molar refractivity (Wildman–Crippen MR) is 93.4 cm³/mol. The van der Waals surface area contributed by atoms with Crippen molar-refractivity contribution in [1.29, 1.82) is 0 Å². The molecule has 1 aromatic heterocycles. The Bertz CT molecular complexity index is 944. The van der Waals surface area contributed by atoms with Crippen LogP contribution in [0.2, 0.25) is 0 Å². The number of aliphatic carboxylic acids is 1. The first-order chi connectivity index (χ1) is 12.3. The molecule has 0 aliphatic carbocycles. The number of furan rings is 1. The molecule has 2 heterocycles. The number of aromatic carboxylic acids is 1. The average Bonchev–Trinajstić information content (AvgIpc) is 3.15. The summed E-state index contributed by atoms with van der Waals surface area (Å²) >= 11 is 5.97. The van der Waals surface area contributed by atoms with E-state index in [0.717, 1.165) is 16.7 Å². The minimum Gasteiger partial charge on any atom is -0.548 e. The number of benzene rings is 1. The number of thioether (sulfide) groups is 1. The maximum atomic E-state index is 12.2. The number of hydrogen-bond acceptors (Lipinski definition) is 8. The molecule has 7 nitrogen and oxygen atoms in total. The number of carboxylic acids is 2. The van der Waals surface area contributed by atoms with Gasteiger partial charge < -0.3 is 24.2 Å². The van der Waals surface area contributed by atoms with Crippen molar-refractivity contribution < 1.29 is 29.0 Å². The van der Waals surface area contributed by atoms with Crippen molar-refractivity contribution in [1.82, 2.24) is 4.90 Å². The lowest BCUT2D eigenvalue weighted by atomic mass is 10.1. The van der Waals surface area contributed by atoms with E-state index in [2.05, 4.69) is 0 Å². The zero-order chi connectivity index (χ0) is 18.8. The van der Waals surface area contributed by atoms with Crippen LogP contribution < -0.4 is 10.2 Å². The number of hydrogen-bond donors (Lipinski definition) is 0. The van der Waals surface area contributed by atoms with Gasteiger partial charge in [0, 0.05) is 11.6 Å². The van der Waals surface area contributed by atoms with Gasteiger partial charge in [-0.05, 0) is 17.7 Å². The largest absolute Gasteiger partial charge is 0.548 e. The van der Waals surface area contributed by atoms with E-state index in [9.17, 15) is 24.6 Å². The molecule has 0 unspecified atom stereocenters. The second-order valence-corrected chi connectivity index (χ2v) is 6.88. The van der Waals surface area contributed by atoms with Crippen LogP contribution in [-0.2, 0) is 9.59 Å². The average molecular weight is 387 g/mol. The molecule has 1 amide bonds.